The summed E-state index contributed by atoms with van der Waals surface area (Å²) in [7, 11) is 0. The van der Waals surface area contributed by atoms with Crippen molar-refractivity contribution in [1.29, 1.82) is 0 Å². The van der Waals surface area contributed by atoms with Crippen molar-refractivity contribution in [3.63, 3.8) is 0 Å². The molecule has 0 aliphatic heterocycles. The standard InChI is InChI=1S/C25H22N2O4/c28-22(19-12-6-2-7-13-19)26-27(23(29)20-14-8-3-9-15-20)21(18-10-4-1-5-11-18)25(16-17-25)24(30)31/h1-15,21H,16-17H2,(H,26,28)(H,30,31). The molecule has 6 nitrogen and oxygen atoms in total. The van der Waals surface area contributed by atoms with Crippen LogP contribution in [0.25, 0.3) is 0 Å². The predicted octanol–water partition coefficient (Wildman–Crippen LogP) is 4.08. The van der Waals surface area contributed by atoms with E-state index >= 15 is 0 Å². The minimum absolute atomic E-state index is 0.359. The number of carbonyl (C=O) groups is 3. The van der Waals surface area contributed by atoms with Crippen molar-refractivity contribution in [2.24, 2.45) is 5.41 Å². The van der Waals surface area contributed by atoms with E-state index in [4.69, 9.17) is 0 Å². The molecule has 3 aromatic carbocycles. The van der Waals surface area contributed by atoms with Crippen molar-refractivity contribution in [2.45, 2.75) is 18.9 Å². The first-order valence-corrected chi connectivity index (χ1v) is 10.1. The van der Waals surface area contributed by atoms with Gasteiger partial charge in [-0.05, 0) is 42.7 Å². The van der Waals surface area contributed by atoms with Gasteiger partial charge in [0, 0.05) is 11.1 Å². The van der Waals surface area contributed by atoms with E-state index in [9.17, 15) is 19.5 Å². The third-order valence-corrected chi connectivity index (χ3v) is 5.61. The highest BCUT2D eigenvalue weighted by molar-refractivity contribution is 5.99. The molecular weight excluding hydrogens is 392 g/mol. The van der Waals surface area contributed by atoms with E-state index in [1.807, 2.05) is 6.07 Å². The molecule has 0 radical (unpaired) electrons. The fraction of sp³-hybridized carbons (Fsp3) is 0.160. The number of carbonyl (C=O) groups excluding carboxylic acids is 2. The zero-order chi connectivity index (χ0) is 21.8. The Bertz CT molecular complexity index is 1080. The Morgan fingerprint density at radius 3 is 1.74 bits per heavy atom. The number of nitrogens with one attached hydrogen (secondary N) is 1. The van der Waals surface area contributed by atoms with Crippen molar-refractivity contribution in [3.05, 3.63) is 108 Å². The van der Waals surface area contributed by atoms with Gasteiger partial charge in [0.2, 0.25) is 0 Å². The topological polar surface area (TPSA) is 86.7 Å². The van der Waals surface area contributed by atoms with Gasteiger partial charge in [0.1, 0.15) is 0 Å². The van der Waals surface area contributed by atoms with Crippen LogP contribution >= 0.6 is 0 Å². The molecule has 0 aromatic heterocycles. The van der Waals surface area contributed by atoms with Crippen LogP contribution in [0.4, 0.5) is 0 Å². The second-order valence-electron chi connectivity index (χ2n) is 7.62. The molecule has 6 heteroatoms. The predicted molar refractivity (Wildman–Crippen MR) is 115 cm³/mol. The zero-order valence-electron chi connectivity index (χ0n) is 16.8. The number of amides is 2. The molecular formula is C25H22N2O4. The number of rotatable bonds is 6. The van der Waals surface area contributed by atoms with E-state index < -0.39 is 29.2 Å². The highest BCUT2D eigenvalue weighted by Crippen LogP contribution is 2.57. The number of hydrogen-bond donors (Lipinski definition) is 2. The summed E-state index contributed by atoms with van der Waals surface area (Å²) >= 11 is 0. The quantitative estimate of drug-likeness (QED) is 0.595. The average molecular weight is 414 g/mol. The van der Waals surface area contributed by atoms with E-state index in [2.05, 4.69) is 5.43 Å². The molecule has 1 atom stereocenters. The second-order valence-corrected chi connectivity index (χ2v) is 7.62. The molecule has 2 N–H and O–H groups in total. The third kappa shape index (κ3) is 4.05. The van der Waals surface area contributed by atoms with Gasteiger partial charge in [-0.25, -0.2) is 5.01 Å². The highest BCUT2D eigenvalue weighted by Gasteiger charge is 2.60. The van der Waals surface area contributed by atoms with Crippen molar-refractivity contribution in [3.8, 4) is 0 Å². The number of hydrogen-bond acceptors (Lipinski definition) is 3. The number of hydrazine groups is 1. The molecule has 31 heavy (non-hydrogen) atoms. The van der Waals surface area contributed by atoms with Crippen LogP contribution in [-0.4, -0.2) is 27.9 Å². The molecule has 0 bridgehead atoms. The minimum atomic E-state index is -1.16. The lowest BCUT2D eigenvalue weighted by Gasteiger charge is -2.36. The number of benzene rings is 3. The first kappa shape index (κ1) is 20.3. The summed E-state index contributed by atoms with van der Waals surface area (Å²) in [5, 5.41) is 11.2. The summed E-state index contributed by atoms with van der Waals surface area (Å²) in [6.07, 6.45) is 0.837. The van der Waals surface area contributed by atoms with Crippen molar-refractivity contribution < 1.29 is 19.5 Å². The van der Waals surface area contributed by atoms with Crippen LogP contribution in [0.15, 0.2) is 91.0 Å². The number of carboxylic acids is 1. The van der Waals surface area contributed by atoms with Crippen molar-refractivity contribution in [1.82, 2.24) is 10.4 Å². The van der Waals surface area contributed by atoms with Crippen LogP contribution in [0.1, 0.15) is 45.2 Å². The van der Waals surface area contributed by atoms with Crippen LogP contribution in [0.5, 0.6) is 0 Å². The van der Waals surface area contributed by atoms with E-state index in [1.165, 1.54) is 5.01 Å². The van der Waals surface area contributed by atoms with Crippen LogP contribution in [0, 0.1) is 5.41 Å². The van der Waals surface area contributed by atoms with E-state index in [1.54, 1.807) is 84.9 Å². The Labute approximate surface area is 180 Å². The van der Waals surface area contributed by atoms with Gasteiger partial charge in [0.05, 0.1) is 11.5 Å². The monoisotopic (exact) mass is 414 g/mol. The van der Waals surface area contributed by atoms with Gasteiger partial charge in [-0.3, -0.25) is 19.8 Å². The lowest BCUT2D eigenvalue weighted by atomic mass is 9.89. The largest absolute Gasteiger partial charge is 0.481 e. The van der Waals surface area contributed by atoms with Gasteiger partial charge in [-0.15, -0.1) is 0 Å². The summed E-state index contributed by atoms with van der Waals surface area (Å²) in [6.45, 7) is 0. The van der Waals surface area contributed by atoms with E-state index in [0.717, 1.165) is 0 Å². The molecule has 2 amide bonds. The Balaban J connectivity index is 1.80. The summed E-state index contributed by atoms with van der Waals surface area (Å²) < 4.78 is 0. The van der Waals surface area contributed by atoms with E-state index in [-0.39, 0.29) is 0 Å². The molecule has 1 aliphatic rings. The zero-order valence-corrected chi connectivity index (χ0v) is 16.8. The minimum Gasteiger partial charge on any atom is -0.481 e. The Morgan fingerprint density at radius 2 is 1.26 bits per heavy atom. The molecule has 1 fully saturated rings. The fourth-order valence-electron chi connectivity index (χ4n) is 3.81. The smallest absolute Gasteiger partial charge is 0.312 e. The van der Waals surface area contributed by atoms with Crippen molar-refractivity contribution >= 4 is 17.8 Å². The summed E-state index contributed by atoms with van der Waals surface area (Å²) in [5.74, 6) is -1.93. The molecule has 1 aliphatic carbocycles. The lowest BCUT2D eigenvalue weighted by Crippen LogP contribution is -2.52. The highest BCUT2D eigenvalue weighted by atomic mass is 16.4. The first-order valence-electron chi connectivity index (χ1n) is 10.1. The van der Waals surface area contributed by atoms with Gasteiger partial charge < -0.3 is 5.11 Å². The Hall–Kier alpha value is -3.93. The maximum atomic E-state index is 13.5. The normalized spacial score (nSPS) is 14.8. The average Bonchev–Trinajstić information content (AvgIpc) is 3.62. The van der Waals surface area contributed by atoms with Crippen LogP contribution < -0.4 is 5.43 Å². The molecule has 0 saturated heterocycles. The molecule has 4 rings (SSSR count). The molecule has 0 heterocycles. The maximum Gasteiger partial charge on any atom is 0.312 e. The molecule has 1 saturated carbocycles. The van der Waals surface area contributed by atoms with E-state index in [0.29, 0.717) is 29.5 Å². The molecule has 0 spiro atoms. The molecule has 1 unspecified atom stereocenters. The van der Waals surface area contributed by atoms with Gasteiger partial charge in [-0.1, -0.05) is 66.7 Å². The van der Waals surface area contributed by atoms with Gasteiger partial charge in [0.15, 0.2) is 0 Å². The Morgan fingerprint density at radius 1 is 0.774 bits per heavy atom. The number of aliphatic carboxylic acids is 1. The fourth-order valence-corrected chi connectivity index (χ4v) is 3.81. The number of carboxylic acid groups (broad SMARTS) is 1. The van der Waals surface area contributed by atoms with Crippen LogP contribution in [-0.2, 0) is 4.79 Å². The SMILES string of the molecule is O=C(NN(C(=O)c1ccccc1)C(c1ccccc1)C1(C(=O)O)CC1)c1ccccc1. The van der Waals surface area contributed by atoms with Crippen molar-refractivity contribution in [2.75, 3.05) is 0 Å². The lowest BCUT2D eigenvalue weighted by molar-refractivity contribution is -0.146. The molecule has 3 aromatic rings. The van der Waals surface area contributed by atoms with Gasteiger partial charge in [0.25, 0.3) is 11.8 Å². The van der Waals surface area contributed by atoms with Crippen LogP contribution in [0.3, 0.4) is 0 Å². The summed E-state index contributed by atoms with van der Waals surface area (Å²) in [5.41, 5.74) is 2.94. The second kappa shape index (κ2) is 8.44. The first-order chi connectivity index (χ1) is 15.0. The molecule has 156 valence electrons. The summed E-state index contributed by atoms with van der Waals surface area (Å²) in [6, 6.07) is 25.2. The summed E-state index contributed by atoms with van der Waals surface area (Å²) in [4.78, 5) is 38.8. The van der Waals surface area contributed by atoms with Gasteiger partial charge in [-0.2, -0.15) is 0 Å². The van der Waals surface area contributed by atoms with Crippen LogP contribution in [0.2, 0.25) is 0 Å². The maximum absolute atomic E-state index is 13.5. The number of nitrogens with zero attached hydrogens (tertiary/aromatic N) is 1. The van der Waals surface area contributed by atoms with Gasteiger partial charge >= 0.3 is 5.97 Å². The third-order valence-electron chi connectivity index (χ3n) is 5.61. The Kier molecular flexibility index (Phi) is 5.54.